The molecule has 8 heteroatoms. The second-order valence-electron chi connectivity index (χ2n) is 11.4. The molecule has 2 N–H and O–H groups in total. The van der Waals surface area contributed by atoms with Crippen molar-refractivity contribution in [2.24, 2.45) is 5.41 Å². The van der Waals surface area contributed by atoms with Crippen LogP contribution in [0.1, 0.15) is 62.8 Å². The number of benzene rings is 2. The van der Waals surface area contributed by atoms with Gasteiger partial charge in [0.2, 0.25) is 12.7 Å². The van der Waals surface area contributed by atoms with Crippen LogP contribution in [-0.2, 0) is 16.0 Å². The largest absolute Gasteiger partial charge is 0.475 e. The molecule has 1 aliphatic heterocycles. The van der Waals surface area contributed by atoms with Crippen molar-refractivity contribution >= 4 is 5.97 Å². The number of nitrogens with zero attached hydrogens (tertiary/aromatic N) is 1. The first kappa shape index (κ1) is 28.5. The standard InChI is InChI=1S/C31H41N3O5/c1-19(2)39-30(35)31(6,7)17-36-29-27(28(33-34-29)24-13-20(3)12-21(4)14-24)22(5)16-32-11-10-23-8-9-25-26(15-23)38-18-37-25/h8-9,12-15,19,22,32H,10-11,16-18H2,1-7H3,(H,33,34)/t22-/m1/s1. The van der Waals surface area contributed by atoms with Crippen LogP contribution in [0.2, 0.25) is 0 Å². The highest BCUT2D eigenvalue weighted by Gasteiger charge is 2.32. The first-order valence-electron chi connectivity index (χ1n) is 13.6. The molecule has 1 atom stereocenters. The van der Waals surface area contributed by atoms with Crippen molar-refractivity contribution in [1.82, 2.24) is 15.5 Å². The van der Waals surface area contributed by atoms with Gasteiger partial charge in [-0.1, -0.05) is 30.2 Å². The van der Waals surface area contributed by atoms with Crippen LogP contribution in [0, 0.1) is 19.3 Å². The Morgan fingerprint density at radius 3 is 2.51 bits per heavy atom. The van der Waals surface area contributed by atoms with Crippen molar-refractivity contribution in [3.05, 3.63) is 58.7 Å². The van der Waals surface area contributed by atoms with Crippen molar-refractivity contribution in [1.29, 1.82) is 0 Å². The van der Waals surface area contributed by atoms with Crippen molar-refractivity contribution < 1.29 is 23.7 Å². The average Bonchev–Trinajstić information content (AvgIpc) is 3.51. The van der Waals surface area contributed by atoms with E-state index in [4.69, 9.17) is 18.9 Å². The van der Waals surface area contributed by atoms with Crippen LogP contribution < -0.4 is 19.5 Å². The molecule has 210 valence electrons. The highest BCUT2D eigenvalue weighted by atomic mass is 16.7. The summed E-state index contributed by atoms with van der Waals surface area (Å²) in [5.74, 6) is 1.92. The predicted molar refractivity (Wildman–Crippen MR) is 152 cm³/mol. The Hall–Kier alpha value is -3.52. The molecule has 0 saturated carbocycles. The molecule has 8 nitrogen and oxygen atoms in total. The molecule has 0 unspecified atom stereocenters. The molecule has 0 aliphatic carbocycles. The lowest BCUT2D eigenvalue weighted by molar-refractivity contribution is -0.159. The fraction of sp³-hybridized carbons (Fsp3) is 0.484. The van der Waals surface area contributed by atoms with Gasteiger partial charge >= 0.3 is 5.97 Å². The smallest absolute Gasteiger partial charge is 0.315 e. The Bertz CT molecular complexity index is 1280. The summed E-state index contributed by atoms with van der Waals surface area (Å²) in [5, 5.41) is 11.4. The van der Waals surface area contributed by atoms with E-state index >= 15 is 0 Å². The Morgan fingerprint density at radius 1 is 1.08 bits per heavy atom. The fourth-order valence-electron chi connectivity index (χ4n) is 4.67. The summed E-state index contributed by atoms with van der Waals surface area (Å²) >= 11 is 0. The van der Waals surface area contributed by atoms with Gasteiger partial charge in [0.25, 0.3) is 0 Å². The summed E-state index contributed by atoms with van der Waals surface area (Å²) in [6.07, 6.45) is 0.686. The molecule has 1 aromatic heterocycles. The number of aryl methyl sites for hydroxylation is 2. The highest BCUT2D eigenvalue weighted by Crippen LogP contribution is 2.36. The summed E-state index contributed by atoms with van der Waals surface area (Å²) in [4.78, 5) is 12.6. The maximum Gasteiger partial charge on any atom is 0.315 e. The van der Waals surface area contributed by atoms with Gasteiger partial charge in [-0.25, -0.2) is 0 Å². The SMILES string of the molecule is Cc1cc(C)cc(-c2[nH]nc(OCC(C)(C)C(=O)OC(C)C)c2[C@H](C)CNCCc2ccc3c(c2)OCO3)c1. The lowest BCUT2D eigenvalue weighted by Gasteiger charge is -2.24. The van der Waals surface area contributed by atoms with E-state index in [1.165, 1.54) is 16.7 Å². The minimum atomic E-state index is -0.813. The first-order chi connectivity index (χ1) is 18.5. The number of hydrogen-bond donors (Lipinski definition) is 2. The molecular weight excluding hydrogens is 494 g/mol. The summed E-state index contributed by atoms with van der Waals surface area (Å²) in [6, 6.07) is 12.5. The lowest BCUT2D eigenvalue weighted by Crippen LogP contribution is -2.34. The summed E-state index contributed by atoms with van der Waals surface area (Å²) in [5.41, 5.74) is 5.73. The molecule has 1 aliphatic rings. The monoisotopic (exact) mass is 535 g/mol. The van der Waals surface area contributed by atoms with Gasteiger partial charge in [-0.2, -0.15) is 0 Å². The molecule has 0 saturated heterocycles. The summed E-state index contributed by atoms with van der Waals surface area (Å²) < 4.78 is 22.6. The Morgan fingerprint density at radius 2 is 1.79 bits per heavy atom. The van der Waals surface area contributed by atoms with E-state index in [2.05, 4.69) is 60.6 Å². The zero-order valence-corrected chi connectivity index (χ0v) is 24.1. The van der Waals surface area contributed by atoms with Crippen molar-refractivity contribution in [3.8, 4) is 28.6 Å². The van der Waals surface area contributed by atoms with E-state index in [-0.39, 0.29) is 31.4 Å². The van der Waals surface area contributed by atoms with Crippen LogP contribution in [0.15, 0.2) is 36.4 Å². The second kappa shape index (κ2) is 12.1. The van der Waals surface area contributed by atoms with Crippen LogP contribution in [-0.4, -0.2) is 48.8 Å². The molecule has 0 fully saturated rings. The number of nitrogens with one attached hydrogen (secondary N) is 2. The molecule has 3 aromatic rings. The van der Waals surface area contributed by atoms with E-state index in [1.807, 2.05) is 39.8 Å². The summed E-state index contributed by atoms with van der Waals surface area (Å²) in [7, 11) is 0. The maximum absolute atomic E-state index is 12.6. The number of rotatable bonds is 12. The van der Waals surface area contributed by atoms with Crippen molar-refractivity contribution in [3.63, 3.8) is 0 Å². The number of carbonyl (C=O) groups is 1. The Balaban J connectivity index is 1.48. The maximum atomic E-state index is 12.6. The minimum absolute atomic E-state index is 0.0945. The Kier molecular flexibility index (Phi) is 8.85. The van der Waals surface area contributed by atoms with Gasteiger partial charge in [-0.05, 0) is 84.3 Å². The van der Waals surface area contributed by atoms with E-state index in [0.717, 1.165) is 47.8 Å². The third-order valence-corrected chi connectivity index (χ3v) is 6.72. The number of aromatic nitrogens is 2. The summed E-state index contributed by atoms with van der Waals surface area (Å²) in [6.45, 7) is 15.7. The zero-order chi connectivity index (χ0) is 28.2. The van der Waals surface area contributed by atoms with E-state index in [9.17, 15) is 4.79 Å². The number of fused-ring (bicyclic) bond motifs is 1. The third-order valence-electron chi connectivity index (χ3n) is 6.72. The number of H-pyrrole nitrogens is 1. The molecule has 39 heavy (non-hydrogen) atoms. The predicted octanol–water partition coefficient (Wildman–Crippen LogP) is 5.71. The minimum Gasteiger partial charge on any atom is -0.475 e. The van der Waals surface area contributed by atoms with Gasteiger partial charge in [-0.3, -0.25) is 9.89 Å². The van der Waals surface area contributed by atoms with Crippen molar-refractivity contribution in [2.75, 3.05) is 26.5 Å². The van der Waals surface area contributed by atoms with E-state index in [1.54, 1.807) is 0 Å². The molecule has 2 aromatic carbocycles. The number of aromatic amines is 1. The van der Waals surface area contributed by atoms with E-state index in [0.29, 0.717) is 5.88 Å². The van der Waals surface area contributed by atoms with Gasteiger partial charge in [0.05, 0.1) is 17.2 Å². The molecule has 4 rings (SSSR count). The van der Waals surface area contributed by atoms with Gasteiger partial charge in [0.15, 0.2) is 11.5 Å². The quantitative estimate of drug-likeness (QED) is 0.226. The number of ether oxygens (including phenoxy) is 4. The van der Waals surface area contributed by atoms with E-state index < -0.39 is 5.41 Å². The topological polar surface area (TPSA) is 94.7 Å². The highest BCUT2D eigenvalue weighted by molar-refractivity contribution is 5.76. The van der Waals surface area contributed by atoms with Gasteiger partial charge in [-0.15, -0.1) is 5.10 Å². The van der Waals surface area contributed by atoms with Gasteiger partial charge < -0.3 is 24.3 Å². The van der Waals surface area contributed by atoms with Crippen LogP contribution in [0.25, 0.3) is 11.3 Å². The molecule has 0 amide bonds. The molecule has 2 heterocycles. The normalized spacial score (nSPS) is 13.5. The molecule has 0 bridgehead atoms. The fourth-order valence-corrected chi connectivity index (χ4v) is 4.67. The van der Waals surface area contributed by atoms with Crippen LogP contribution in [0.5, 0.6) is 17.4 Å². The lowest BCUT2D eigenvalue weighted by atomic mass is 9.94. The molecule has 0 spiro atoms. The number of hydrogen-bond acceptors (Lipinski definition) is 7. The van der Waals surface area contributed by atoms with Gasteiger partial charge in [0, 0.05) is 23.6 Å². The molecular formula is C31H41N3O5. The first-order valence-corrected chi connectivity index (χ1v) is 13.6. The third kappa shape index (κ3) is 7.12. The average molecular weight is 536 g/mol. The molecule has 0 radical (unpaired) electrons. The Labute approximate surface area is 231 Å². The van der Waals surface area contributed by atoms with Crippen molar-refractivity contribution in [2.45, 2.75) is 66.9 Å². The van der Waals surface area contributed by atoms with Crippen LogP contribution in [0.4, 0.5) is 0 Å². The van der Waals surface area contributed by atoms with Gasteiger partial charge in [0.1, 0.15) is 6.61 Å². The van der Waals surface area contributed by atoms with Crippen LogP contribution >= 0.6 is 0 Å². The number of carbonyl (C=O) groups excluding carboxylic acids is 1. The second-order valence-corrected chi connectivity index (χ2v) is 11.4. The zero-order valence-electron chi connectivity index (χ0n) is 24.1. The number of esters is 1. The van der Waals surface area contributed by atoms with Crippen LogP contribution in [0.3, 0.4) is 0 Å².